The highest BCUT2D eigenvalue weighted by molar-refractivity contribution is 6.27. The van der Waals surface area contributed by atoms with Gasteiger partial charge in [-0.2, -0.15) is 0 Å². The van der Waals surface area contributed by atoms with E-state index in [-0.39, 0.29) is 6.61 Å². The van der Waals surface area contributed by atoms with Crippen LogP contribution in [0.5, 0.6) is 0 Å². The molecular weight excluding hydrogens is 296 g/mol. The number of hydrogen-bond donors (Lipinski definition) is 2. The van der Waals surface area contributed by atoms with E-state index in [1.165, 1.54) is 7.11 Å². The predicted molar refractivity (Wildman–Crippen MR) is 75.9 cm³/mol. The molecule has 1 aromatic rings. The number of alkyl halides is 1. The summed E-state index contributed by atoms with van der Waals surface area (Å²) in [4.78, 5) is -0.824. The number of halogens is 1. The zero-order valence-corrected chi connectivity index (χ0v) is 12.5. The van der Waals surface area contributed by atoms with E-state index < -0.39 is 29.0 Å². The average molecular weight is 315 g/mol. The van der Waals surface area contributed by atoms with Crippen molar-refractivity contribution in [2.24, 2.45) is 0 Å². The van der Waals surface area contributed by atoms with Crippen LogP contribution >= 0.6 is 11.6 Å². The Kier molecular flexibility index (Phi) is 3.98. The maximum atomic E-state index is 10.1. The first-order chi connectivity index (χ1) is 10.0. The van der Waals surface area contributed by atoms with E-state index in [4.69, 9.17) is 25.8 Å². The van der Waals surface area contributed by atoms with E-state index in [1.54, 1.807) is 0 Å². The van der Waals surface area contributed by atoms with Crippen molar-refractivity contribution in [1.29, 1.82) is 0 Å². The van der Waals surface area contributed by atoms with Crippen LogP contribution in [0, 0.1) is 0 Å². The third-order valence-electron chi connectivity index (χ3n) is 4.26. The normalized spacial score (nSPS) is 41.6. The number of rotatable bonds is 5. The third-order valence-corrected chi connectivity index (χ3v) is 4.82. The van der Waals surface area contributed by atoms with Crippen LogP contribution in [-0.4, -0.2) is 52.9 Å². The second-order valence-electron chi connectivity index (χ2n) is 5.67. The molecule has 1 aliphatic heterocycles. The Morgan fingerprint density at radius 3 is 2.67 bits per heavy atom. The number of benzene rings is 1. The van der Waals surface area contributed by atoms with Gasteiger partial charge in [0.2, 0.25) is 0 Å². The van der Waals surface area contributed by atoms with Gasteiger partial charge in [0.25, 0.3) is 0 Å². The molecule has 21 heavy (non-hydrogen) atoms. The largest absolute Gasteiger partial charge is 0.387 e. The molecule has 116 valence electrons. The van der Waals surface area contributed by atoms with Crippen LogP contribution < -0.4 is 0 Å². The Bertz CT molecular complexity index is 498. The summed E-state index contributed by atoms with van der Waals surface area (Å²) in [5.41, 5.74) is 0.0703. The SMILES string of the molecule is CO[C@@H]1O[C@@]2(C[C@@]2(Cl)COCc2ccccc2)C(O)C1O. The van der Waals surface area contributed by atoms with Gasteiger partial charge in [0, 0.05) is 13.5 Å². The van der Waals surface area contributed by atoms with Gasteiger partial charge in [-0.05, 0) is 5.56 Å². The molecule has 1 spiro atoms. The standard InChI is InChI=1S/C15H19ClO5/c1-19-13-11(17)12(18)15(21-13)8-14(15,16)9-20-7-10-5-3-2-4-6-10/h2-6,11-13,17-18H,7-9H2,1H3/t11?,12?,13-,14-,15+/m1/s1. The summed E-state index contributed by atoms with van der Waals surface area (Å²) < 4.78 is 16.3. The number of aliphatic hydroxyl groups is 2. The Hall–Kier alpha value is -0.690. The number of hydrogen-bond acceptors (Lipinski definition) is 5. The molecule has 1 saturated heterocycles. The Morgan fingerprint density at radius 1 is 1.33 bits per heavy atom. The summed E-state index contributed by atoms with van der Waals surface area (Å²) >= 11 is 6.48. The van der Waals surface area contributed by atoms with Crippen LogP contribution in [0.3, 0.4) is 0 Å². The Morgan fingerprint density at radius 2 is 2.05 bits per heavy atom. The highest BCUT2D eigenvalue weighted by atomic mass is 35.5. The molecule has 2 aliphatic rings. The first kappa shape index (κ1) is 15.2. The minimum absolute atomic E-state index is 0.240. The molecule has 2 N–H and O–H groups in total. The van der Waals surface area contributed by atoms with Crippen LogP contribution in [0.4, 0.5) is 0 Å². The number of methoxy groups -OCH3 is 1. The van der Waals surface area contributed by atoms with Crippen molar-refractivity contribution in [2.75, 3.05) is 13.7 Å². The summed E-state index contributed by atoms with van der Waals surface area (Å²) in [5, 5.41) is 20.0. The summed E-state index contributed by atoms with van der Waals surface area (Å²) in [6.45, 7) is 0.682. The fraction of sp³-hybridized carbons (Fsp3) is 0.600. The topological polar surface area (TPSA) is 68.2 Å². The maximum Gasteiger partial charge on any atom is 0.186 e. The lowest BCUT2D eigenvalue weighted by molar-refractivity contribution is -0.157. The lowest BCUT2D eigenvalue weighted by Gasteiger charge is -2.19. The summed E-state index contributed by atoms with van der Waals surface area (Å²) in [7, 11) is 1.42. The molecule has 6 heteroatoms. The fourth-order valence-corrected chi connectivity index (χ4v) is 3.36. The van der Waals surface area contributed by atoms with E-state index in [1.807, 2.05) is 30.3 Å². The zero-order chi connectivity index (χ0) is 15.1. The van der Waals surface area contributed by atoms with Gasteiger partial charge in [-0.3, -0.25) is 0 Å². The average Bonchev–Trinajstić information content (AvgIpc) is 3.01. The monoisotopic (exact) mass is 314 g/mol. The van der Waals surface area contributed by atoms with Gasteiger partial charge in [0.05, 0.1) is 13.2 Å². The lowest BCUT2D eigenvalue weighted by Crippen LogP contribution is -2.39. The van der Waals surface area contributed by atoms with Crippen LogP contribution in [0.25, 0.3) is 0 Å². The first-order valence-corrected chi connectivity index (χ1v) is 7.27. The molecule has 1 heterocycles. The van der Waals surface area contributed by atoms with Crippen molar-refractivity contribution in [2.45, 2.75) is 42.0 Å². The van der Waals surface area contributed by atoms with Crippen molar-refractivity contribution in [3.05, 3.63) is 35.9 Å². The van der Waals surface area contributed by atoms with E-state index in [2.05, 4.69) is 0 Å². The Balaban J connectivity index is 1.58. The van der Waals surface area contributed by atoms with Gasteiger partial charge in [-0.25, -0.2) is 0 Å². The summed E-state index contributed by atoms with van der Waals surface area (Å²) in [5.74, 6) is 0. The number of ether oxygens (including phenoxy) is 3. The minimum atomic E-state index is -1.09. The zero-order valence-electron chi connectivity index (χ0n) is 11.7. The fourth-order valence-electron chi connectivity index (χ4n) is 2.93. The van der Waals surface area contributed by atoms with Gasteiger partial charge >= 0.3 is 0 Å². The van der Waals surface area contributed by atoms with Gasteiger partial charge in [-0.1, -0.05) is 30.3 Å². The van der Waals surface area contributed by atoms with E-state index >= 15 is 0 Å². The van der Waals surface area contributed by atoms with Gasteiger partial charge in [-0.15, -0.1) is 11.6 Å². The van der Waals surface area contributed by atoms with Gasteiger partial charge in [0.15, 0.2) is 6.29 Å². The molecule has 0 aromatic heterocycles. The quantitative estimate of drug-likeness (QED) is 0.795. The molecule has 0 amide bonds. The predicted octanol–water partition coefficient (Wildman–Crippen LogP) is 1.05. The highest BCUT2D eigenvalue weighted by Crippen LogP contribution is 2.62. The van der Waals surface area contributed by atoms with Crippen molar-refractivity contribution >= 4 is 11.6 Å². The van der Waals surface area contributed by atoms with Crippen LogP contribution in [-0.2, 0) is 20.8 Å². The molecule has 0 radical (unpaired) electrons. The second-order valence-corrected chi connectivity index (χ2v) is 6.39. The van der Waals surface area contributed by atoms with Crippen LogP contribution in [0.1, 0.15) is 12.0 Å². The van der Waals surface area contributed by atoms with Crippen molar-refractivity contribution in [3.63, 3.8) is 0 Å². The molecule has 3 rings (SSSR count). The lowest BCUT2D eigenvalue weighted by atomic mass is 10.1. The van der Waals surface area contributed by atoms with Crippen molar-refractivity contribution < 1.29 is 24.4 Å². The smallest absolute Gasteiger partial charge is 0.186 e. The summed E-state index contributed by atoms with van der Waals surface area (Å²) in [6, 6.07) is 9.76. The summed E-state index contributed by atoms with van der Waals surface area (Å²) in [6.07, 6.45) is -2.59. The minimum Gasteiger partial charge on any atom is -0.387 e. The maximum absolute atomic E-state index is 10.1. The third kappa shape index (κ3) is 2.48. The van der Waals surface area contributed by atoms with E-state index in [0.29, 0.717) is 13.0 Å². The van der Waals surface area contributed by atoms with Gasteiger partial charge in [0.1, 0.15) is 22.7 Å². The first-order valence-electron chi connectivity index (χ1n) is 6.90. The van der Waals surface area contributed by atoms with Crippen molar-refractivity contribution in [1.82, 2.24) is 0 Å². The molecule has 5 nitrogen and oxygen atoms in total. The molecule has 1 aliphatic carbocycles. The second kappa shape index (κ2) is 5.50. The molecular formula is C15H19ClO5. The van der Waals surface area contributed by atoms with Gasteiger partial charge < -0.3 is 24.4 Å². The molecule has 2 unspecified atom stereocenters. The highest BCUT2D eigenvalue weighted by Gasteiger charge is 2.77. The van der Waals surface area contributed by atoms with E-state index in [9.17, 15) is 10.2 Å². The Labute approximate surface area is 128 Å². The van der Waals surface area contributed by atoms with Crippen LogP contribution in [0.15, 0.2) is 30.3 Å². The molecule has 1 saturated carbocycles. The van der Waals surface area contributed by atoms with Crippen molar-refractivity contribution in [3.8, 4) is 0 Å². The molecule has 5 atom stereocenters. The number of aliphatic hydroxyl groups excluding tert-OH is 2. The molecule has 0 bridgehead atoms. The van der Waals surface area contributed by atoms with Crippen LogP contribution in [0.2, 0.25) is 0 Å². The van der Waals surface area contributed by atoms with E-state index in [0.717, 1.165) is 5.56 Å². The molecule has 1 aromatic carbocycles. The molecule has 2 fully saturated rings.